The highest BCUT2D eigenvalue weighted by Crippen LogP contribution is 2.35. The fourth-order valence-electron chi connectivity index (χ4n) is 4.03. The van der Waals surface area contributed by atoms with Gasteiger partial charge in [0.05, 0.1) is 28.6 Å². The predicted octanol–water partition coefficient (Wildman–Crippen LogP) is 4.95. The van der Waals surface area contributed by atoms with Crippen LogP contribution in [0.15, 0.2) is 48.9 Å². The number of nitrogens with zero attached hydrogens (tertiary/aromatic N) is 7. The summed E-state index contributed by atoms with van der Waals surface area (Å²) < 4.78 is 7.24. The second kappa shape index (κ2) is 12.5. The number of benzene rings is 1. The van der Waals surface area contributed by atoms with E-state index in [1.807, 2.05) is 66.7 Å². The van der Waals surface area contributed by atoms with Crippen LogP contribution in [0.4, 0.5) is 23.0 Å². The minimum absolute atomic E-state index is 0. The van der Waals surface area contributed by atoms with Crippen molar-refractivity contribution in [1.82, 2.24) is 24.3 Å². The molecule has 0 aliphatic rings. The molecule has 1 N–H and O–H groups in total. The smallest absolute Gasteiger partial charge is 0.342 e. The second-order valence-corrected chi connectivity index (χ2v) is 9.75. The van der Waals surface area contributed by atoms with E-state index >= 15 is 0 Å². The van der Waals surface area contributed by atoms with Crippen LogP contribution in [-0.2, 0) is 4.74 Å². The zero-order valence-electron chi connectivity index (χ0n) is 22.9. The monoisotopic (exact) mass is 548 g/mol. The quantitative estimate of drug-likeness (QED) is 0.165. The van der Waals surface area contributed by atoms with E-state index in [4.69, 9.17) is 4.74 Å². The summed E-state index contributed by atoms with van der Waals surface area (Å²) in [4.78, 5) is 41.8. The van der Waals surface area contributed by atoms with Crippen molar-refractivity contribution in [2.24, 2.45) is 0 Å². The number of nitro groups is 1. The number of carbonyl (C=O) groups excluding carboxylic acids is 1. The van der Waals surface area contributed by atoms with Crippen LogP contribution in [0.1, 0.15) is 37.2 Å². The molecule has 1 aromatic carbocycles. The Bertz CT molecular complexity index is 1520. The molecule has 40 heavy (non-hydrogen) atoms. The number of hydrogen-bond donors (Lipinski definition) is 1. The van der Waals surface area contributed by atoms with Crippen LogP contribution in [0, 0.1) is 17.0 Å². The Morgan fingerprint density at radius 1 is 1.15 bits per heavy atom. The van der Waals surface area contributed by atoms with Crippen molar-refractivity contribution in [3.63, 3.8) is 0 Å². The molecule has 3 aromatic heterocycles. The lowest BCUT2D eigenvalue weighted by Gasteiger charge is -2.22. The standard InChI is InChI=1S/C27H32N8O4.CH4/c1-17(2)39-26(36)19-15-29-27(31-25(19)23-16-28-24-9-7-8-10-34(23)24)30-20-14-22(35(37)38)21(13-18(20)3)33(6)12-11-32(4)5;/h7-10,13-17H,11-12H2,1-6H3,(H,29,30,31);1H4. The molecule has 12 nitrogen and oxygen atoms in total. The van der Waals surface area contributed by atoms with Gasteiger partial charge >= 0.3 is 5.97 Å². The first-order valence-electron chi connectivity index (χ1n) is 12.5. The minimum Gasteiger partial charge on any atom is -0.459 e. The molecule has 0 fully saturated rings. The van der Waals surface area contributed by atoms with Crippen LogP contribution in [0.5, 0.6) is 0 Å². The highest BCUT2D eigenvalue weighted by atomic mass is 16.6. The third-order valence-electron chi connectivity index (χ3n) is 6.07. The van der Waals surface area contributed by atoms with Gasteiger partial charge in [0.15, 0.2) is 0 Å². The van der Waals surface area contributed by atoms with Crippen molar-refractivity contribution >= 4 is 34.6 Å². The Labute approximate surface area is 233 Å². The third-order valence-corrected chi connectivity index (χ3v) is 6.07. The van der Waals surface area contributed by atoms with Gasteiger partial charge in [-0.25, -0.2) is 19.7 Å². The second-order valence-electron chi connectivity index (χ2n) is 9.75. The van der Waals surface area contributed by atoms with Gasteiger partial charge in [-0.15, -0.1) is 0 Å². The maximum atomic E-state index is 12.9. The van der Waals surface area contributed by atoms with Crippen molar-refractivity contribution in [1.29, 1.82) is 0 Å². The zero-order valence-corrected chi connectivity index (χ0v) is 22.9. The Kier molecular flexibility index (Phi) is 9.38. The van der Waals surface area contributed by atoms with E-state index in [0.29, 0.717) is 35.0 Å². The number of carbonyl (C=O) groups is 1. The summed E-state index contributed by atoms with van der Waals surface area (Å²) in [6, 6.07) is 8.81. The van der Waals surface area contributed by atoms with Gasteiger partial charge in [0, 0.05) is 38.6 Å². The van der Waals surface area contributed by atoms with Gasteiger partial charge in [-0.1, -0.05) is 13.5 Å². The van der Waals surface area contributed by atoms with Crippen molar-refractivity contribution in [3.05, 3.63) is 70.2 Å². The first-order valence-corrected chi connectivity index (χ1v) is 12.5. The Hall–Kier alpha value is -4.58. The number of imidazole rings is 1. The number of hydrogen-bond acceptors (Lipinski definition) is 10. The molecule has 4 rings (SSSR count). The Balaban J connectivity index is 0.00000441. The van der Waals surface area contributed by atoms with Crippen molar-refractivity contribution in [2.75, 3.05) is 44.4 Å². The van der Waals surface area contributed by atoms with Crippen LogP contribution in [0.2, 0.25) is 0 Å². The van der Waals surface area contributed by atoms with E-state index in [9.17, 15) is 14.9 Å². The molecule has 0 aliphatic carbocycles. The summed E-state index contributed by atoms with van der Waals surface area (Å²) in [7, 11) is 5.74. The fraction of sp³-hybridized carbons (Fsp3) is 0.357. The number of fused-ring (bicyclic) bond motifs is 1. The number of esters is 1. The molecule has 0 saturated heterocycles. The summed E-state index contributed by atoms with van der Waals surface area (Å²) in [5.74, 6) is -0.391. The summed E-state index contributed by atoms with van der Waals surface area (Å²) in [5, 5.41) is 15.1. The summed E-state index contributed by atoms with van der Waals surface area (Å²) in [5.41, 5.74) is 3.50. The Morgan fingerprint density at radius 3 is 2.58 bits per heavy atom. The van der Waals surface area contributed by atoms with E-state index < -0.39 is 10.9 Å². The minimum atomic E-state index is -0.561. The molecule has 3 heterocycles. The van der Waals surface area contributed by atoms with Gasteiger partial charge < -0.3 is 19.9 Å². The summed E-state index contributed by atoms with van der Waals surface area (Å²) in [6.07, 6.45) is 4.51. The molecule has 0 unspecified atom stereocenters. The average molecular weight is 549 g/mol. The lowest BCUT2D eigenvalue weighted by atomic mass is 10.1. The summed E-state index contributed by atoms with van der Waals surface area (Å²) >= 11 is 0. The van der Waals surface area contributed by atoms with Gasteiger partial charge in [-0.2, -0.15) is 0 Å². The lowest BCUT2D eigenvalue weighted by Crippen LogP contribution is -2.29. The number of aryl methyl sites for hydroxylation is 1. The molecule has 0 atom stereocenters. The van der Waals surface area contributed by atoms with Gasteiger partial charge in [0.1, 0.15) is 22.6 Å². The molecule has 0 amide bonds. The fourth-order valence-corrected chi connectivity index (χ4v) is 4.03. The topological polar surface area (TPSA) is 131 Å². The molecule has 0 spiro atoms. The largest absolute Gasteiger partial charge is 0.459 e. The number of anilines is 3. The van der Waals surface area contributed by atoms with Gasteiger partial charge in [-0.05, 0) is 58.6 Å². The molecule has 4 aromatic rings. The third kappa shape index (κ3) is 6.52. The van der Waals surface area contributed by atoms with Crippen molar-refractivity contribution in [3.8, 4) is 11.4 Å². The van der Waals surface area contributed by atoms with Crippen LogP contribution >= 0.6 is 0 Å². The predicted molar refractivity (Wildman–Crippen MR) is 156 cm³/mol. The Morgan fingerprint density at radius 2 is 1.90 bits per heavy atom. The zero-order chi connectivity index (χ0) is 28.3. The number of pyridine rings is 1. The van der Waals surface area contributed by atoms with Gasteiger partial charge in [-0.3, -0.25) is 14.5 Å². The SMILES string of the molecule is C.Cc1cc(N(C)CCN(C)C)c([N+](=O)[O-])cc1Nc1ncc(C(=O)OC(C)C)c(-c2cnc3ccccn23)n1. The van der Waals surface area contributed by atoms with Crippen LogP contribution in [-0.4, -0.2) is 75.5 Å². The molecular formula is C28H36N8O4. The van der Waals surface area contributed by atoms with Crippen LogP contribution < -0.4 is 10.2 Å². The number of nitrogens with one attached hydrogen (secondary N) is 1. The number of ether oxygens (including phenoxy) is 1. The maximum absolute atomic E-state index is 12.9. The molecule has 0 bridgehead atoms. The van der Waals surface area contributed by atoms with Gasteiger partial charge in [0.25, 0.3) is 5.69 Å². The van der Waals surface area contributed by atoms with E-state index in [-0.39, 0.29) is 30.7 Å². The lowest BCUT2D eigenvalue weighted by molar-refractivity contribution is -0.384. The van der Waals surface area contributed by atoms with Gasteiger partial charge in [0.2, 0.25) is 5.95 Å². The number of nitro benzene ring substituents is 1. The molecule has 0 saturated carbocycles. The number of likely N-dealkylation sites (N-methyl/N-ethyl adjacent to an activating group) is 2. The maximum Gasteiger partial charge on any atom is 0.342 e. The highest BCUT2D eigenvalue weighted by molar-refractivity contribution is 5.96. The van der Waals surface area contributed by atoms with E-state index in [0.717, 1.165) is 12.1 Å². The number of rotatable bonds is 10. The normalized spacial score (nSPS) is 11.0. The molecule has 0 radical (unpaired) electrons. The van der Waals surface area contributed by atoms with Crippen LogP contribution in [0.3, 0.4) is 0 Å². The van der Waals surface area contributed by atoms with E-state index in [1.165, 1.54) is 12.3 Å². The van der Waals surface area contributed by atoms with E-state index in [2.05, 4.69) is 20.3 Å². The molecule has 212 valence electrons. The highest BCUT2D eigenvalue weighted by Gasteiger charge is 2.23. The first kappa shape index (κ1) is 30.0. The average Bonchev–Trinajstić information content (AvgIpc) is 3.31. The first-order chi connectivity index (χ1) is 18.5. The number of aromatic nitrogens is 4. The molecular weight excluding hydrogens is 512 g/mol. The van der Waals surface area contributed by atoms with E-state index in [1.54, 1.807) is 26.1 Å². The van der Waals surface area contributed by atoms with Crippen LogP contribution in [0.25, 0.3) is 17.0 Å². The van der Waals surface area contributed by atoms with Crippen molar-refractivity contribution < 1.29 is 14.5 Å². The molecule has 12 heteroatoms. The van der Waals surface area contributed by atoms with Crippen molar-refractivity contribution in [2.45, 2.75) is 34.3 Å². The molecule has 0 aliphatic heterocycles. The summed E-state index contributed by atoms with van der Waals surface area (Å²) in [6.45, 7) is 6.76.